The van der Waals surface area contributed by atoms with E-state index in [9.17, 15) is 18.4 Å². The first kappa shape index (κ1) is 21.8. The van der Waals surface area contributed by atoms with Gasteiger partial charge in [0.15, 0.2) is 0 Å². The SMILES string of the molecule is O=C(Nc1ccc(N2CCCN(Cc3cc(F)cc(F)c3)C2=O)cc1)c1ccc(Cl)cc1. The Morgan fingerprint density at radius 1 is 0.938 bits per heavy atom. The summed E-state index contributed by atoms with van der Waals surface area (Å²) in [5, 5.41) is 3.35. The van der Waals surface area contributed by atoms with Gasteiger partial charge in [-0.15, -0.1) is 0 Å². The van der Waals surface area contributed by atoms with E-state index in [4.69, 9.17) is 11.6 Å². The molecule has 1 N–H and O–H groups in total. The summed E-state index contributed by atoms with van der Waals surface area (Å²) in [6.07, 6.45) is 0.721. The van der Waals surface area contributed by atoms with Crippen LogP contribution in [0.1, 0.15) is 22.3 Å². The Bertz CT molecular complexity index is 1120. The molecule has 0 atom stereocenters. The molecule has 3 aromatic carbocycles. The van der Waals surface area contributed by atoms with Gasteiger partial charge in [0.25, 0.3) is 5.91 Å². The summed E-state index contributed by atoms with van der Waals surface area (Å²) in [5.41, 5.74) is 2.15. The zero-order valence-corrected chi connectivity index (χ0v) is 17.8. The van der Waals surface area contributed by atoms with Crippen LogP contribution in [0.25, 0.3) is 0 Å². The quantitative estimate of drug-likeness (QED) is 0.536. The maximum atomic E-state index is 13.5. The van der Waals surface area contributed by atoms with Crippen LogP contribution >= 0.6 is 11.6 Å². The molecule has 32 heavy (non-hydrogen) atoms. The molecule has 5 nitrogen and oxygen atoms in total. The minimum absolute atomic E-state index is 0.124. The van der Waals surface area contributed by atoms with Gasteiger partial charge in [0.1, 0.15) is 11.6 Å². The summed E-state index contributed by atoms with van der Waals surface area (Å²) in [5.74, 6) is -1.60. The number of hydrogen-bond acceptors (Lipinski definition) is 2. The third-order valence-corrected chi connectivity index (χ3v) is 5.40. The van der Waals surface area contributed by atoms with Crippen LogP contribution in [0.5, 0.6) is 0 Å². The standard InChI is InChI=1S/C24H20ClF2N3O2/c25-18-4-2-17(3-5-18)23(31)28-21-6-8-22(9-7-21)30-11-1-10-29(24(30)32)15-16-12-19(26)14-20(27)13-16/h2-9,12-14H,1,10-11,15H2,(H,28,31). The normalized spacial score (nSPS) is 13.9. The van der Waals surface area contributed by atoms with Gasteiger partial charge < -0.3 is 10.2 Å². The molecule has 1 aliphatic heterocycles. The molecule has 4 rings (SSSR count). The Morgan fingerprint density at radius 3 is 2.25 bits per heavy atom. The number of anilines is 2. The highest BCUT2D eigenvalue weighted by Gasteiger charge is 2.27. The van der Waals surface area contributed by atoms with Crippen LogP contribution in [-0.4, -0.2) is 29.9 Å². The smallest absolute Gasteiger partial charge is 0.322 e. The Hall–Kier alpha value is -3.45. The Kier molecular flexibility index (Phi) is 6.37. The van der Waals surface area contributed by atoms with Gasteiger partial charge in [-0.3, -0.25) is 9.69 Å². The summed E-state index contributed by atoms with van der Waals surface area (Å²) in [4.78, 5) is 28.5. The van der Waals surface area contributed by atoms with Gasteiger partial charge in [-0.25, -0.2) is 13.6 Å². The van der Waals surface area contributed by atoms with Crippen molar-refractivity contribution < 1.29 is 18.4 Å². The molecule has 3 amide bonds. The van der Waals surface area contributed by atoms with Gasteiger partial charge in [-0.1, -0.05) is 11.6 Å². The van der Waals surface area contributed by atoms with E-state index in [0.29, 0.717) is 40.6 Å². The lowest BCUT2D eigenvalue weighted by atomic mass is 10.1. The van der Waals surface area contributed by atoms with Gasteiger partial charge >= 0.3 is 6.03 Å². The summed E-state index contributed by atoms with van der Waals surface area (Å²) in [7, 11) is 0. The number of benzene rings is 3. The van der Waals surface area contributed by atoms with E-state index in [1.165, 1.54) is 12.1 Å². The second kappa shape index (κ2) is 9.36. The number of halogens is 3. The number of hydrogen-bond donors (Lipinski definition) is 1. The van der Waals surface area contributed by atoms with E-state index < -0.39 is 11.6 Å². The van der Waals surface area contributed by atoms with Crippen molar-refractivity contribution in [2.75, 3.05) is 23.3 Å². The number of carbonyl (C=O) groups excluding carboxylic acids is 2. The van der Waals surface area contributed by atoms with Crippen LogP contribution in [0.4, 0.5) is 25.0 Å². The Morgan fingerprint density at radius 2 is 1.59 bits per heavy atom. The first-order chi connectivity index (χ1) is 15.4. The lowest BCUT2D eigenvalue weighted by molar-refractivity contribution is 0.102. The topological polar surface area (TPSA) is 52.7 Å². The van der Waals surface area contributed by atoms with Crippen molar-refractivity contribution in [3.8, 4) is 0 Å². The maximum absolute atomic E-state index is 13.5. The molecule has 0 bridgehead atoms. The lowest BCUT2D eigenvalue weighted by Crippen LogP contribution is -2.49. The zero-order chi connectivity index (χ0) is 22.7. The maximum Gasteiger partial charge on any atom is 0.324 e. The summed E-state index contributed by atoms with van der Waals surface area (Å²) in [6.45, 7) is 1.16. The molecule has 0 unspecified atom stereocenters. The molecular formula is C24H20ClF2N3O2. The minimum Gasteiger partial charge on any atom is -0.322 e. The third kappa shape index (κ3) is 5.06. The van der Waals surface area contributed by atoms with Gasteiger partial charge in [-0.05, 0) is 72.6 Å². The van der Waals surface area contributed by atoms with E-state index in [1.807, 2.05) is 0 Å². The highest BCUT2D eigenvalue weighted by atomic mass is 35.5. The molecule has 1 fully saturated rings. The molecule has 164 valence electrons. The van der Waals surface area contributed by atoms with Crippen molar-refractivity contribution in [3.05, 3.63) is 94.5 Å². The van der Waals surface area contributed by atoms with Crippen molar-refractivity contribution in [3.63, 3.8) is 0 Å². The Labute approximate surface area is 189 Å². The second-order valence-electron chi connectivity index (χ2n) is 7.49. The molecule has 1 aliphatic rings. The van der Waals surface area contributed by atoms with Gasteiger partial charge in [0, 0.05) is 47.7 Å². The first-order valence-electron chi connectivity index (χ1n) is 10.1. The lowest BCUT2D eigenvalue weighted by Gasteiger charge is -2.35. The number of urea groups is 1. The number of rotatable bonds is 5. The van der Waals surface area contributed by atoms with E-state index in [0.717, 1.165) is 12.5 Å². The Balaban J connectivity index is 1.43. The van der Waals surface area contributed by atoms with Crippen molar-refractivity contribution in [1.82, 2.24) is 4.90 Å². The number of amides is 3. The second-order valence-corrected chi connectivity index (χ2v) is 7.93. The third-order valence-electron chi connectivity index (χ3n) is 5.15. The molecule has 0 spiro atoms. The first-order valence-corrected chi connectivity index (χ1v) is 10.5. The van der Waals surface area contributed by atoms with Gasteiger partial charge in [-0.2, -0.15) is 0 Å². The van der Waals surface area contributed by atoms with E-state index in [2.05, 4.69) is 5.32 Å². The molecule has 0 radical (unpaired) electrons. The van der Waals surface area contributed by atoms with Crippen LogP contribution < -0.4 is 10.2 Å². The fraction of sp³-hybridized carbons (Fsp3) is 0.167. The largest absolute Gasteiger partial charge is 0.324 e. The fourth-order valence-electron chi connectivity index (χ4n) is 3.62. The average molecular weight is 456 g/mol. The van der Waals surface area contributed by atoms with Crippen LogP contribution in [0.2, 0.25) is 5.02 Å². The van der Waals surface area contributed by atoms with Crippen molar-refractivity contribution in [2.45, 2.75) is 13.0 Å². The van der Waals surface area contributed by atoms with E-state index in [1.54, 1.807) is 58.3 Å². The zero-order valence-electron chi connectivity index (χ0n) is 17.0. The van der Waals surface area contributed by atoms with E-state index in [-0.39, 0.29) is 18.5 Å². The summed E-state index contributed by atoms with van der Waals surface area (Å²) < 4.78 is 27.0. The predicted molar refractivity (Wildman–Crippen MR) is 120 cm³/mol. The molecule has 3 aromatic rings. The monoisotopic (exact) mass is 455 g/mol. The molecule has 1 heterocycles. The summed E-state index contributed by atoms with van der Waals surface area (Å²) >= 11 is 5.85. The van der Waals surface area contributed by atoms with Crippen LogP contribution in [0.3, 0.4) is 0 Å². The molecule has 0 aromatic heterocycles. The highest BCUT2D eigenvalue weighted by Crippen LogP contribution is 2.24. The highest BCUT2D eigenvalue weighted by molar-refractivity contribution is 6.30. The molecule has 0 saturated carbocycles. The van der Waals surface area contributed by atoms with Crippen LogP contribution in [0.15, 0.2) is 66.7 Å². The van der Waals surface area contributed by atoms with Crippen LogP contribution in [-0.2, 0) is 6.54 Å². The van der Waals surface area contributed by atoms with Crippen LogP contribution in [0, 0.1) is 11.6 Å². The van der Waals surface area contributed by atoms with Crippen molar-refractivity contribution in [1.29, 1.82) is 0 Å². The molecule has 1 saturated heterocycles. The summed E-state index contributed by atoms with van der Waals surface area (Å²) in [6, 6.07) is 16.5. The van der Waals surface area contributed by atoms with Gasteiger partial charge in [0.05, 0.1) is 0 Å². The average Bonchev–Trinajstić information content (AvgIpc) is 2.76. The molecular weight excluding hydrogens is 436 g/mol. The molecule has 8 heteroatoms. The predicted octanol–water partition coefficient (Wildman–Crippen LogP) is 5.70. The van der Waals surface area contributed by atoms with Crippen molar-refractivity contribution >= 4 is 34.9 Å². The number of nitrogens with zero attached hydrogens (tertiary/aromatic N) is 2. The van der Waals surface area contributed by atoms with E-state index >= 15 is 0 Å². The number of carbonyl (C=O) groups is 2. The van der Waals surface area contributed by atoms with Gasteiger partial charge in [0.2, 0.25) is 0 Å². The molecule has 0 aliphatic carbocycles. The minimum atomic E-state index is -0.669. The fourth-order valence-corrected chi connectivity index (χ4v) is 3.75. The number of nitrogens with one attached hydrogen (secondary N) is 1. The van der Waals surface area contributed by atoms with Crippen molar-refractivity contribution in [2.24, 2.45) is 0 Å².